The van der Waals surface area contributed by atoms with Crippen molar-refractivity contribution in [2.75, 3.05) is 26.8 Å². The first-order valence-corrected chi connectivity index (χ1v) is 9.07. The number of carbonyl (C=O) groups is 2. The number of rotatable bonds is 3. The van der Waals surface area contributed by atoms with Crippen molar-refractivity contribution in [2.24, 2.45) is 0 Å². The van der Waals surface area contributed by atoms with Crippen LogP contribution in [0.15, 0.2) is 36.7 Å². The number of hydrogen-bond donors (Lipinski definition) is 0. The highest BCUT2D eigenvalue weighted by Crippen LogP contribution is 2.45. The highest BCUT2D eigenvalue weighted by Gasteiger charge is 2.62. The first kappa shape index (κ1) is 16.3. The van der Waals surface area contributed by atoms with E-state index in [0.717, 1.165) is 5.69 Å². The molecule has 3 fully saturated rings. The zero-order valence-corrected chi connectivity index (χ0v) is 15.0. The zero-order chi connectivity index (χ0) is 18.6. The summed E-state index contributed by atoms with van der Waals surface area (Å²) in [4.78, 5) is 29.0. The molecule has 0 saturated carbocycles. The van der Waals surface area contributed by atoms with E-state index in [2.05, 4.69) is 5.10 Å². The molecule has 4 heterocycles. The third-order valence-electron chi connectivity index (χ3n) is 5.82. The van der Waals surface area contributed by atoms with E-state index in [4.69, 9.17) is 9.47 Å². The Bertz CT molecular complexity index is 926. The highest BCUT2D eigenvalue weighted by molar-refractivity contribution is 5.95. The molecular formula is C19H20N4O4. The van der Waals surface area contributed by atoms with Gasteiger partial charge in [0.15, 0.2) is 5.72 Å². The normalized spacial score (nSPS) is 26.4. The van der Waals surface area contributed by atoms with Crippen LogP contribution in [0.4, 0.5) is 0 Å². The maximum absolute atomic E-state index is 13.1. The van der Waals surface area contributed by atoms with E-state index in [1.807, 2.05) is 29.2 Å². The fourth-order valence-electron chi connectivity index (χ4n) is 4.58. The number of methoxy groups -OCH3 is 1. The fourth-order valence-corrected chi connectivity index (χ4v) is 4.58. The van der Waals surface area contributed by atoms with E-state index >= 15 is 0 Å². The maximum Gasteiger partial charge on any atom is 0.257 e. The molecule has 2 aromatic rings. The average Bonchev–Trinajstić information content (AvgIpc) is 3.44. The van der Waals surface area contributed by atoms with Crippen molar-refractivity contribution in [2.45, 2.75) is 24.6 Å². The molecule has 3 aliphatic rings. The molecular weight excluding hydrogens is 348 g/mol. The third kappa shape index (κ3) is 2.22. The molecule has 2 atom stereocenters. The molecule has 1 spiro atoms. The second-order valence-electron chi connectivity index (χ2n) is 7.05. The van der Waals surface area contributed by atoms with E-state index in [1.54, 1.807) is 29.1 Å². The molecule has 3 saturated heterocycles. The van der Waals surface area contributed by atoms with Crippen molar-refractivity contribution in [3.05, 3.63) is 42.2 Å². The van der Waals surface area contributed by atoms with E-state index in [-0.39, 0.29) is 17.9 Å². The number of aromatic nitrogens is 2. The van der Waals surface area contributed by atoms with Gasteiger partial charge in [-0.05, 0) is 12.1 Å². The van der Waals surface area contributed by atoms with Crippen LogP contribution in [0.5, 0.6) is 5.75 Å². The van der Waals surface area contributed by atoms with E-state index < -0.39 is 5.72 Å². The van der Waals surface area contributed by atoms with Gasteiger partial charge in [0.25, 0.3) is 5.91 Å². The number of carbonyl (C=O) groups excluding carboxylic acids is 2. The predicted molar refractivity (Wildman–Crippen MR) is 94.6 cm³/mol. The van der Waals surface area contributed by atoms with Crippen LogP contribution in [0.1, 0.15) is 23.2 Å². The van der Waals surface area contributed by atoms with Crippen molar-refractivity contribution >= 4 is 11.8 Å². The lowest BCUT2D eigenvalue weighted by atomic mass is 10.1. The lowest BCUT2D eigenvalue weighted by Crippen LogP contribution is -2.48. The van der Waals surface area contributed by atoms with Gasteiger partial charge in [0.2, 0.25) is 5.91 Å². The van der Waals surface area contributed by atoms with Crippen molar-refractivity contribution in [1.82, 2.24) is 19.6 Å². The van der Waals surface area contributed by atoms with Crippen LogP contribution >= 0.6 is 0 Å². The third-order valence-corrected chi connectivity index (χ3v) is 5.82. The number of nitrogens with zero attached hydrogens (tertiary/aromatic N) is 4. The lowest BCUT2D eigenvalue weighted by Gasteiger charge is -2.31. The second-order valence-corrected chi connectivity index (χ2v) is 7.05. The maximum atomic E-state index is 13.1. The van der Waals surface area contributed by atoms with Gasteiger partial charge in [-0.1, -0.05) is 12.1 Å². The molecule has 0 bridgehead atoms. The Morgan fingerprint density at radius 1 is 1.33 bits per heavy atom. The summed E-state index contributed by atoms with van der Waals surface area (Å²) >= 11 is 0. The van der Waals surface area contributed by atoms with E-state index in [1.165, 1.54) is 0 Å². The minimum atomic E-state index is -0.620. The summed E-state index contributed by atoms with van der Waals surface area (Å²) in [5, 5.41) is 4.33. The van der Waals surface area contributed by atoms with Crippen LogP contribution in [0, 0.1) is 0 Å². The SMILES string of the molecule is COc1ccccc1-n1cc(C(=O)N2CC[C@@]34OCCN3C(=O)C[C@@H]24)cn1. The molecule has 0 aliphatic carbocycles. The van der Waals surface area contributed by atoms with Gasteiger partial charge in [0, 0.05) is 25.7 Å². The number of ether oxygens (including phenoxy) is 2. The standard InChI is InChI=1S/C19H20N4O4/c1-26-15-5-3-2-4-14(15)23-12-13(11-20-23)18(25)21-7-6-19-16(21)10-17(24)22(19)8-9-27-19/h2-5,11-12,16H,6-10H2,1H3/t16-,19+/m1/s1. The van der Waals surface area contributed by atoms with Gasteiger partial charge >= 0.3 is 0 Å². The zero-order valence-electron chi connectivity index (χ0n) is 15.0. The van der Waals surface area contributed by atoms with Gasteiger partial charge in [-0.3, -0.25) is 9.59 Å². The smallest absolute Gasteiger partial charge is 0.257 e. The van der Waals surface area contributed by atoms with Gasteiger partial charge in [-0.15, -0.1) is 0 Å². The Labute approximate surface area is 156 Å². The number of benzene rings is 1. The lowest BCUT2D eigenvalue weighted by molar-refractivity contribution is -0.136. The molecule has 140 valence electrons. The molecule has 0 unspecified atom stereocenters. The van der Waals surface area contributed by atoms with Crippen molar-refractivity contribution in [3.8, 4) is 11.4 Å². The summed E-state index contributed by atoms with van der Waals surface area (Å²) in [5.74, 6) is 0.624. The van der Waals surface area contributed by atoms with Gasteiger partial charge < -0.3 is 19.3 Å². The Kier molecular flexibility index (Phi) is 3.51. The fraction of sp³-hybridized carbons (Fsp3) is 0.421. The van der Waals surface area contributed by atoms with Crippen LogP contribution in [-0.2, 0) is 9.53 Å². The Morgan fingerprint density at radius 2 is 2.19 bits per heavy atom. The predicted octanol–water partition coefficient (Wildman–Crippen LogP) is 1.05. The first-order chi connectivity index (χ1) is 13.1. The minimum Gasteiger partial charge on any atom is -0.494 e. The number of likely N-dealkylation sites (tertiary alicyclic amines) is 1. The van der Waals surface area contributed by atoms with Crippen LogP contribution in [0.3, 0.4) is 0 Å². The van der Waals surface area contributed by atoms with Crippen molar-refractivity contribution in [1.29, 1.82) is 0 Å². The van der Waals surface area contributed by atoms with Gasteiger partial charge in [0.1, 0.15) is 11.4 Å². The molecule has 0 N–H and O–H groups in total. The summed E-state index contributed by atoms with van der Waals surface area (Å²) in [5.41, 5.74) is 0.630. The van der Waals surface area contributed by atoms with Crippen molar-refractivity contribution in [3.63, 3.8) is 0 Å². The molecule has 3 aliphatic heterocycles. The Morgan fingerprint density at radius 3 is 3.04 bits per heavy atom. The van der Waals surface area contributed by atoms with Crippen LogP contribution in [0.25, 0.3) is 5.69 Å². The average molecular weight is 368 g/mol. The Balaban J connectivity index is 1.43. The molecule has 1 aromatic heterocycles. The van der Waals surface area contributed by atoms with Gasteiger partial charge in [-0.25, -0.2) is 4.68 Å². The van der Waals surface area contributed by atoms with Gasteiger partial charge in [0.05, 0.1) is 37.9 Å². The summed E-state index contributed by atoms with van der Waals surface area (Å²) in [6.45, 7) is 1.73. The highest BCUT2D eigenvalue weighted by atomic mass is 16.5. The summed E-state index contributed by atoms with van der Waals surface area (Å²) < 4.78 is 13.0. The summed E-state index contributed by atoms with van der Waals surface area (Å²) in [7, 11) is 1.60. The van der Waals surface area contributed by atoms with E-state index in [0.29, 0.717) is 43.9 Å². The Hall–Kier alpha value is -2.87. The van der Waals surface area contributed by atoms with Crippen LogP contribution < -0.4 is 4.74 Å². The molecule has 2 amide bonds. The number of amides is 2. The number of hydrogen-bond acceptors (Lipinski definition) is 5. The van der Waals surface area contributed by atoms with Crippen LogP contribution in [0.2, 0.25) is 0 Å². The molecule has 8 heteroatoms. The first-order valence-electron chi connectivity index (χ1n) is 9.07. The number of para-hydroxylation sites is 2. The quantitative estimate of drug-likeness (QED) is 0.810. The molecule has 0 radical (unpaired) electrons. The molecule has 1 aromatic carbocycles. The van der Waals surface area contributed by atoms with E-state index in [9.17, 15) is 9.59 Å². The van der Waals surface area contributed by atoms with Crippen LogP contribution in [-0.4, -0.2) is 70.0 Å². The molecule has 8 nitrogen and oxygen atoms in total. The molecule has 27 heavy (non-hydrogen) atoms. The topological polar surface area (TPSA) is 76.9 Å². The summed E-state index contributed by atoms with van der Waals surface area (Å²) in [6.07, 6.45) is 4.25. The van der Waals surface area contributed by atoms with Gasteiger partial charge in [-0.2, -0.15) is 5.10 Å². The monoisotopic (exact) mass is 368 g/mol. The largest absolute Gasteiger partial charge is 0.494 e. The second kappa shape index (κ2) is 5.82. The minimum absolute atomic E-state index is 0.0692. The molecule has 5 rings (SSSR count). The summed E-state index contributed by atoms with van der Waals surface area (Å²) in [6, 6.07) is 7.27. The van der Waals surface area contributed by atoms with Crippen molar-refractivity contribution < 1.29 is 19.1 Å².